The van der Waals surface area contributed by atoms with Crippen molar-refractivity contribution in [2.75, 3.05) is 0 Å². The van der Waals surface area contributed by atoms with E-state index < -0.39 is 17.6 Å². The smallest absolute Gasteiger partial charge is 0.303 e. The Hall–Kier alpha value is -3.01. The van der Waals surface area contributed by atoms with Crippen LogP contribution in [-0.4, -0.2) is 11.1 Å². The normalized spacial score (nSPS) is 14.4. The lowest BCUT2D eigenvalue weighted by Gasteiger charge is -2.31. The molecule has 3 aromatic carbocycles. The van der Waals surface area contributed by atoms with Crippen molar-refractivity contribution in [2.24, 2.45) is 0 Å². The maximum absolute atomic E-state index is 15.7. The summed E-state index contributed by atoms with van der Waals surface area (Å²) in [6.07, 6.45) is 15.7. The molecular weight excluding hydrogens is 514 g/mol. The summed E-state index contributed by atoms with van der Waals surface area (Å²) in [4.78, 5) is 10.7. The van der Waals surface area contributed by atoms with Crippen molar-refractivity contribution in [3.8, 4) is 22.3 Å². The SMILES string of the molecule is CCCCCCCc1ccc(-c2ccc(-c3ccc(C4(CCCCCCC(=O)O)CCCC4)c(F)c3F)cc2)cc1. The zero-order valence-electron chi connectivity index (χ0n) is 24.7. The number of carboxylic acids is 1. The fourth-order valence-electron chi connectivity index (χ4n) is 6.62. The second-order valence-corrected chi connectivity index (χ2v) is 12.0. The van der Waals surface area contributed by atoms with Crippen LogP contribution < -0.4 is 0 Å². The second-order valence-electron chi connectivity index (χ2n) is 12.0. The van der Waals surface area contributed by atoms with Gasteiger partial charge in [-0.15, -0.1) is 0 Å². The van der Waals surface area contributed by atoms with Crippen molar-refractivity contribution in [3.05, 3.63) is 83.4 Å². The third kappa shape index (κ3) is 8.27. The van der Waals surface area contributed by atoms with Crippen LogP contribution >= 0.6 is 0 Å². The van der Waals surface area contributed by atoms with E-state index in [0.717, 1.165) is 68.9 Å². The Balaban J connectivity index is 1.41. The highest BCUT2D eigenvalue weighted by atomic mass is 19.2. The van der Waals surface area contributed by atoms with Crippen LogP contribution in [0, 0.1) is 11.6 Å². The van der Waals surface area contributed by atoms with Gasteiger partial charge in [0.15, 0.2) is 11.6 Å². The number of benzene rings is 3. The molecule has 220 valence electrons. The highest BCUT2D eigenvalue weighted by Gasteiger charge is 2.38. The summed E-state index contributed by atoms with van der Waals surface area (Å²) in [5, 5.41) is 8.83. The van der Waals surface area contributed by atoms with Crippen molar-refractivity contribution >= 4 is 5.97 Å². The van der Waals surface area contributed by atoms with Gasteiger partial charge < -0.3 is 5.11 Å². The first-order valence-corrected chi connectivity index (χ1v) is 15.8. The molecule has 0 atom stereocenters. The van der Waals surface area contributed by atoms with E-state index in [9.17, 15) is 4.79 Å². The van der Waals surface area contributed by atoms with E-state index in [0.29, 0.717) is 23.1 Å². The fourth-order valence-corrected chi connectivity index (χ4v) is 6.62. The molecule has 1 fully saturated rings. The Labute approximate surface area is 245 Å². The molecule has 1 saturated carbocycles. The summed E-state index contributed by atoms with van der Waals surface area (Å²) in [5.41, 5.74) is 4.73. The van der Waals surface area contributed by atoms with Gasteiger partial charge in [-0.05, 0) is 71.8 Å². The summed E-state index contributed by atoms with van der Waals surface area (Å²) in [7, 11) is 0. The summed E-state index contributed by atoms with van der Waals surface area (Å²) < 4.78 is 31.2. The number of hydrogen-bond acceptors (Lipinski definition) is 1. The first-order chi connectivity index (χ1) is 19.9. The minimum absolute atomic E-state index is 0.193. The number of halogens is 2. The average molecular weight is 561 g/mol. The maximum Gasteiger partial charge on any atom is 0.303 e. The van der Waals surface area contributed by atoms with E-state index in [2.05, 4.69) is 31.2 Å². The quantitative estimate of drug-likeness (QED) is 0.177. The Kier molecular flexibility index (Phi) is 11.5. The first-order valence-electron chi connectivity index (χ1n) is 15.8. The van der Waals surface area contributed by atoms with Gasteiger partial charge >= 0.3 is 5.97 Å². The molecule has 0 heterocycles. The largest absolute Gasteiger partial charge is 0.481 e. The van der Waals surface area contributed by atoms with Gasteiger partial charge in [-0.2, -0.15) is 0 Å². The Bertz CT molecular complexity index is 1240. The van der Waals surface area contributed by atoms with Crippen molar-refractivity contribution in [1.82, 2.24) is 0 Å². The van der Waals surface area contributed by atoms with Gasteiger partial charge in [0, 0.05) is 12.0 Å². The topological polar surface area (TPSA) is 37.3 Å². The summed E-state index contributed by atoms with van der Waals surface area (Å²) in [6, 6.07) is 20.0. The van der Waals surface area contributed by atoms with Gasteiger partial charge in [0.1, 0.15) is 0 Å². The predicted octanol–water partition coefficient (Wildman–Crippen LogP) is 11.0. The van der Waals surface area contributed by atoms with Gasteiger partial charge in [-0.3, -0.25) is 4.79 Å². The van der Waals surface area contributed by atoms with Gasteiger partial charge in [-0.25, -0.2) is 8.78 Å². The van der Waals surface area contributed by atoms with Crippen LogP contribution in [0.1, 0.15) is 114 Å². The predicted molar refractivity (Wildman–Crippen MR) is 165 cm³/mol. The maximum atomic E-state index is 15.7. The number of hydrogen-bond donors (Lipinski definition) is 1. The molecular formula is C37H46F2O2. The molecule has 0 aliphatic heterocycles. The highest BCUT2D eigenvalue weighted by Crippen LogP contribution is 2.47. The van der Waals surface area contributed by atoms with Crippen molar-refractivity contribution in [3.63, 3.8) is 0 Å². The van der Waals surface area contributed by atoms with E-state index in [1.165, 1.54) is 37.7 Å². The molecule has 0 saturated heterocycles. The lowest BCUT2D eigenvalue weighted by Crippen LogP contribution is -2.24. The summed E-state index contributed by atoms with van der Waals surface area (Å²) in [6.45, 7) is 2.24. The van der Waals surface area contributed by atoms with Crippen molar-refractivity contribution in [2.45, 2.75) is 115 Å². The molecule has 1 aliphatic rings. The monoisotopic (exact) mass is 560 g/mol. The fraction of sp³-hybridized carbons (Fsp3) is 0.486. The molecule has 0 unspecified atom stereocenters. The number of aliphatic carboxylic acids is 1. The molecule has 0 aromatic heterocycles. The van der Waals surface area contributed by atoms with Crippen LogP contribution in [0.3, 0.4) is 0 Å². The van der Waals surface area contributed by atoms with Crippen molar-refractivity contribution < 1.29 is 18.7 Å². The molecule has 0 amide bonds. The number of aryl methyl sites for hydroxylation is 1. The molecule has 1 aliphatic carbocycles. The zero-order chi connectivity index (χ0) is 29.1. The minimum atomic E-state index is -0.762. The molecule has 0 radical (unpaired) electrons. The Morgan fingerprint density at radius 1 is 0.707 bits per heavy atom. The zero-order valence-corrected chi connectivity index (χ0v) is 24.7. The number of carbonyl (C=O) groups is 1. The van der Waals surface area contributed by atoms with E-state index in [1.54, 1.807) is 6.07 Å². The lowest BCUT2D eigenvalue weighted by molar-refractivity contribution is -0.137. The third-order valence-corrected chi connectivity index (χ3v) is 9.06. The van der Waals surface area contributed by atoms with Gasteiger partial charge in [0.25, 0.3) is 0 Å². The van der Waals surface area contributed by atoms with Crippen molar-refractivity contribution in [1.29, 1.82) is 0 Å². The minimum Gasteiger partial charge on any atom is -0.481 e. The number of rotatable bonds is 16. The summed E-state index contributed by atoms with van der Waals surface area (Å²) >= 11 is 0. The molecule has 1 N–H and O–H groups in total. The van der Waals surface area contributed by atoms with Gasteiger partial charge in [0.05, 0.1) is 0 Å². The van der Waals surface area contributed by atoms with E-state index >= 15 is 8.78 Å². The van der Waals surface area contributed by atoms with Crippen LogP contribution in [0.5, 0.6) is 0 Å². The third-order valence-electron chi connectivity index (χ3n) is 9.06. The molecule has 2 nitrogen and oxygen atoms in total. The number of unbranched alkanes of at least 4 members (excludes halogenated alkanes) is 7. The second kappa shape index (κ2) is 15.3. The van der Waals surface area contributed by atoms with Crippen LogP contribution in [0.4, 0.5) is 8.78 Å². The van der Waals surface area contributed by atoms with E-state index in [4.69, 9.17) is 5.11 Å². The van der Waals surface area contributed by atoms with Crippen LogP contribution in [-0.2, 0) is 16.6 Å². The average Bonchev–Trinajstić information content (AvgIpc) is 3.46. The summed E-state index contributed by atoms with van der Waals surface area (Å²) in [5.74, 6) is -2.22. The highest BCUT2D eigenvalue weighted by molar-refractivity contribution is 5.71. The Morgan fingerprint density at radius 3 is 1.95 bits per heavy atom. The number of carboxylic acid groups (broad SMARTS) is 1. The molecule has 41 heavy (non-hydrogen) atoms. The molecule has 4 heteroatoms. The standard InChI is InChI=1S/C37H46F2O2/c1-2-3-4-5-8-13-28-15-17-29(18-16-28)30-19-21-31(22-20-30)32-23-24-33(36(39)35(32)38)37(26-11-12-27-37)25-10-7-6-9-14-34(40)41/h15-24H,2-14,25-27H2,1H3,(H,40,41). The van der Waals surface area contributed by atoms with Gasteiger partial charge in [0.2, 0.25) is 0 Å². The molecule has 0 spiro atoms. The van der Waals surface area contributed by atoms with Crippen LogP contribution in [0.15, 0.2) is 60.7 Å². The van der Waals surface area contributed by atoms with Crippen LogP contribution in [0.2, 0.25) is 0 Å². The lowest BCUT2D eigenvalue weighted by atomic mass is 9.74. The van der Waals surface area contributed by atoms with Gasteiger partial charge in [-0.1, -0.05) is 125 Å². The Morgan fingerprint density at radius 2 is 1.29 bits per heavy atom. The van der Waals surface area contributed by atoms with E-state index in [1.807, 2.05) is 30.3 Å². The first kappa shape index (κ1) is 30.9. The van der Waals surface area contributed by atoms with Crippen LogP contribution in [0.25, 0.3) is 22.3 Å². The molecule has 4 rings (SSSR count). The molecule has 0 bridgehead atoms. The van der Waals surface area contributed by atoms with E-state index in [-0.39, 0.29) is 11.8 Å². The molecule has 3 aromatic rings.